The van der Waals surface area contributed by atoms with E-state index < -0.39 is 5.97 Å². The molecule has 2 aromatic heterocycles. The summed E-state index contributed by atoms with van der Waals surface area (Å²) in [5.74, 6) is -1.00. The summed E-state index contributed by atoms with van der Waals surface area (Å²) in [5, 5.41) is 13.5. The SMILES string of the molecule is COc1ncc(-c2cc(C(=O)O)n(C)n2)s1. The van der Waals surface area contributed by atoms with Crippen LogP contribution in [0.5, 0.6) is 5.19 Å². The van der Waals surface area contributed by atoms with Gasteiger partial charge in [0.1, 0.15) is 11.4 Å². The van der Waals surface area contributed by atoms with Crippen LogP contribution in [0.25, 0.3) is 10.6 Å². The molecule has 0 unspecified atom stereocenters. The molecule has 0 aliphatic heterocycles. The summed E-state index contributed by atoms with van der Waals surface area (Å²) >= 11 is 1.32. The van der Waals surface area contributed by atoms with Crippen LogP contribution in [-0.2, 0) is 7.05 Å². The van der Waals surface area contributed by atoms with Crippen molar-refractivity contribution in [2.24, 2.45) is 7.05 Å². The number of rotatable bonds is 3. The van der Waals surface area contributed by atoms with E-state index in [0.29, 0.717) is 10.9 Å². The third-order valence-electron chi connectivity index (χ3n) is 2.01. The van der Waals surface area contributed by atoms with E-state index >= 15 is 0 Å². The molecule has 16 heavy (non-hydrogen) atoms. The fourth-order valence-electron chi connectivity index (χ4n) is 1.26. The molecule has 0 amide bonds. The van der Waals surface area contributed by atoms with Gasteiger partial charge in [-0.25, -0.2) is 9.78 Å². The van der Waals surface area contributed by atoms with Gasteiger partial charge < -0.3 is 9.84 Å². The number of carboxylic acid groups (broad SMARTS) is 1. The van der Waals surface area contributed by atoms with Gasteiger partial charge in [0.15, 0.2) is 0 Å². The molecule has 2 aromatic rings. The van der Waals surface area contributed by atoms with Crippen LogP contribution < -0.4 is 4.74 Å². The standard InChI is InChI=1S/C9H9N3O3S/c1-12-6(8(13)14)3-5(11-12)7-4-10-9(15-2)16-7/h3-4H,1-2H3,(H,13,14). The van der Waals surface area contributed by atoms with Crippen LogP contribution in [0, 0.1) is 0 Å². The van der Waals surface area contributed by atoms with E-state index in [0.717, 1.165) is 4.88 Å². The van der Waals surface area contributed by atoms with Gasteiger partial charge in [0.05, 0.1) is 18.2 Å². The molecule has 0 bridgehead atoms. The first-order valence-corrected chi connectivity index (χ1v) is 5.21. The summed E-state index contributed by atoms with van der Waals surface area (Å²) in [4.78, 5) is 15.6. The van der Waals surface area contributed by atoms with Crippen LogP contribution in [0.3, 0.4) is 0 Å². The van der Waals surface area contributed by atoms with Crippen molar-refractivity contribution in [3.05, 3.63) is 18.0 Å². The molecule has 0 atom stereocenters. The second-order valence-corrected chi connectivity index (χ2v) is 4.03. The Morgan fingerprint density at radius 1 is 1.62 bits per heavy atom. The lowest BCUT2D eigenvalue weighted by Crippen LogP contribution is -2.04. The number of hydrogen-bond donors (Lipinski definition) is 1. The molecule has 6 nitrogen and oxygen atoms in total. The topological polar surface area (TPSA) is 77.2 Å². The highest BCUT2D eigenvalue weighted by atomic mass is 32.1. The minimum absolute atomic E-state index is 0.141. The lowest BCUT2D eigenvalue weighted by atomic mass is 10.3. The number of thiazole rings is 1. The summed E-state index contributed by atoms with van der Waals surface area (Å²) in [6.07, 6.45) is 1.61. The number of aromatic carboxylic acids is 1. The van der Waals surface area contributed by atoms with Gasteiger partial charge in [-0.1, -0.05) is 11.3 Å². The van der Waals surface area contributed by atoms with Crippen LogP contribution >= 0.6 is 11.3 Å². The average molecular weight is 239 g/mol. The van der Waals surface area contributed by atoms with E-state index in [-0.39, 0.29) is 5.69 Å². The summed E-state index contributed by atoms with van der Waals surface area (Å²) < 4.78 is 6.28. The van der Waals surface area contributed by atoms with Crippen molar-refractivity contribution in [1.82, 2.24) is 14.8 Å². The minimum Gasteiger partial charge on any atom is -0.477 e. The fourth-order valence-corrected chi connectivity index (χ4v) is 1.95. The van der Waals surface area contributed by atoms with E-state index in [1.165, 1.54) is 29.2 Å². The van der Waals surface area contributed by atoms with Gasteiger partial charge in [0.25, 0.3) is 5.19 Å². The maximum atomic E-state index is 10.8. The molecule has 0 fully saturated rings. The first kappa shape index (κ1) is 10.6. The lowest BCUT2D eigenvalue weighted by Gasteiger charge is -1.91. The fraction of sp³-hybridized carbons (Fsp3) is 0.222. The maximum absolute atomic E-state index is 10.8. The van der Waals surface area contributed by atoms with Crippen molar-refractivity contribution in [2.75, 3.05) is 7.11 Å². The van der Waals surface area contributed by atoms with Gasteiger partial charge in [0, 0.05) is 7.05 Å². The predicted octanol–water partition coefficient (Wildman–Crippen LogP) is 1.25. The van der Waals surface area contributed by atoms with Crippen molar-refractivity contribution in [3.8, 4) is 15.8 Å². The number of methoxy groups -OCH3 is 1. The van der Waals surface area contributed by atoms with Crippen molar-refractivity contribution in [2.45, 2.75) is 0 Å². The first-order valence-electron chi connectivity index (χ1n) is 4.39. The molecule has 7 heteroatoms. The molecule has 84 valence electrons. The zero-order chi connectivity index (χ0) is 11.7. The smallest absolute Gasteiger partial charge is 0.354 e. The Kier molecular flexibility index (Phi) is 2.61. The monoisotopic (exact) mass is 239 g/mol. The molecule has 0 spiro atoms. The Hall–Kier alpha value is -1.89. The number of carbonyl (C=O) groups is 1. The molecule has 1 N–H and O–H groups in total. The maximum Gasteiger partial charge on any atom is 0.354 e. The largest absolute Gasteiger partial charge is 0.477 e. The van der Waals surface area contributed by atoms with Crippen molar-refractivity contribution in [1.29, 1.82) is 0 Å². The number of aryl methyl sites for hydroxylation is 1. The summed E-state index contributed by atoms with van der Waals surface area (Å²) in [7, 11) is 3.12. The van der Waals surface area contributed by atoms with E-state index in [1.807, 2.05) is 0 Å². The second kappa shape index (κ2) is 3.93. The first-order chi connectivity index (χ1) is 7.61. The van der Waals surface area contributed by atoms with Crippen LogP contribution in [0.1, 0.15) is 10.5 Å². The van der Waals surface area contributed by atoms with Gasteiger partial charge in [0.2, 0.25) is 0 Å². The zero-order valence-electron chi connectivity index (χ0n) is 8.67. The summed E-state index contributed by atoms with van der Waals surface area (Å²) in [5.41, 5.74) is 0.725. The van der Waals surface area contributed by atoms with Crippen LogP contribution in [0.2, 0.25) is 0 Å². The quantitative estimate of drug-likeness (QED) is 0.872. The van der Waals surface area contributed by atoms with Crippen molar-refractivity contribution < 1.29 is 14.6 Å². The normalized spacial score (nSPS) is 10.4. The predicted molar refractivity (Wildman–Crippen MR) is 57.8 cm³/mol. The van der Waals surface area contributed by atoms with Gasteiger partial charge in [-0.15, -0.1) is 0 Å². The molecule has 0 saturated carbocycles. The van der Waals surface area contributed by atoms with Gasteiger partial charge >= 0.3 is 5.97 Å². The highest BCUT2D eigenvalue weighted by Gasteiger charge is 2.14. The van der Waals surface area contributed by atoms with Crippen LogP contribution in [0.4, 0.5) is 0 Å². The highest BCUT2D eigenvalue weighted by molar-refractivity contribution is 7.16. The van der Waals surface area contributed by atoms with E-state index in [1.54, 1.807) is 13.2 Å². The molecule has 0 aliphatic rings. The second-order valence-electron chi connectivity index (χ2n) is 3.04. The number of hydrogen-bond acceptors (Lipinski definition) is 5. The Bertz CT molecular complexity index is 532. The lowest BCUT2D eigenvalue weighted by molar-refractivity contribution is 0.0685. The molecular weight excluding hydrogens is 230 g/mol. The zero-order valence-corrected chi connectivity index (χ0v) is 9.48. The number of aromatic nitrogens is 3. The van der Waals surface area contributed by atoms with E-state index in [4.69, 9.17) is 9.84 Å². The minimum atomic E-state index is -1.00. The van der Waals surface area contributed by atoms with Crippen LogP contribution in [0.15, 0.2) is 12.3 Å². The summed E-state index contributed by atoms with van der Waals surface area (Å²) in [6, 6.07) is 1.51. The molecular formula is C9H9N3O3S. The van der Waals surface area contributed by atoms with E-state index in [9.17, 15) is 4.79 Å². The molecule has 2 rings (SSSR count). The summed E-state index contributed by atoms with van der Waals surface area (Å²) in [6.45, 7) is 0. The van der Waals surface area contributed by atoms with Gasteiger partial charge in [-0.2, -0.15) is 5.10 Å². The number of ether oxygens (including phenoxy) is 1. The highest BCUT2D eigenvalue weighted by Crippen LogP contribution is 2.29. The Morgan fingerprint density at radius 2 is 2.38 bits per heavy atom. The Morgan fingerprint density at radius 3 is 2.88 bits per heavy atom. The van der Waals surface area contributed by atoms with Crippen molar-refractivity contribution in [3.63, 3.8) is 0 Å². The van der Waals surface area contributed by atoms with E-state index in [2.05, 4.69) is 10.1 Å². The molecule has 0 aromatic carbocycles. The number of nitrogens with zero attached hydrogens (tertiary/aromatic N) is 3. The molecule has 0 saturated heterocycles. The average Bonchev–Trinajstić information content (AvgIpc) is 2.83. The molecule has 0 radical (unpaired) electrons. The van der Waals surface area contributed by atoms with Gasteiger partial charge in [-0.05, 0) is 6.07 Å². The van der Waals surface area contributed by atoms with Crippen LogP contribution in [-0.4, -0.2) is 33.0 Å². The van der Waals surface area contributed by atoms with Gasteiger partial charge in [-0.3, -0.25) is 4.68 Å². The third-order valence-corrected chi connectivity index (χ3v) is 2.99. The van der Waals surface area contributed by atoms with Crippen molar-refractivity contribution >= 4 is 17.3 Å². The third kappa shape index (κ3) is 1.76. The number of carboxylic acids is 1. The molecule has 2 heterocycles. The molecule has 0 aliphatic carbocycles. The Balaban J connectivity index is 2.41. The Labute approximate surface area is 95.1 Å².